The molecule has 1 aromatic rings. The minimum Gasteiger partial charge on any atom is -0.324 e. The van der Waals surface area contributed by atoms with Gasteiger partial charge in [0.15, 0.2) is 0 Å². The lowest BCUT2D eigenvalue weighted by atomic mass is 10.1. The molecular weight excluding hydrogens is 194 g/mol. The van der Waals surface area contributed by atoms with Gasteiger partial charge in [-0.3, -0.25) is 4.79 Å². The first kappa shape index (κ1) is 9.59. The zero-order chi connectivity index (χ0) is 10.3. The molecule has 0 bridgehead atoms. The molecule has 0 saturated carbocycles. The van der Waals surface area contributed by atoms with E-state index in [0.717, 1.165) is 10.6 Å². The lowest BCUT2D eigenvalue weighted by Crippen LogP contribution is -2.37. The Hall–Kier alpha value is -0.960. The SMILES string of the molecule is Cc1ccc2c(c1)NC(=O)C(C)(C)S2. The van der Waals surface area contributed by atoms with E-state index in [1.54, 1.807) is 11.8 Å². The maximum atomic E-state index is 11.7. The summed E-state index contributed by atoms with van der Waals surface area (Å²) in [7, 11) is 0. The van der Waals surface area contributed by atoms with Gasteiger partial charge < -0.3 is 5.32 Å². The number of anilines is 1. The first-order valence-electron chi connectivity index (χ1n) is 4.60. The summed E-state index contributed by atoms with van der Waals surface area (Å²) in [5, 5.41) is 2.93. The number of hydrogen-bond acceptors (Lipinski definition) is 2. The highest BCUT2D eigenvalue weighted by molar-refractivity contribution is 8.01. The number of amides is 1. The average molecular weight is 207 g/mol. The van der Waals surface area contributed by atoms with Crippen LogP contribution in [0.3, 0.4) is 0 Å². The van der Waals surface area contributed by atoms with Gasteiger partial charge in [-0.2, -0.15) is 0 Å². The number of thioether (sulfide) groups is 1. The van der Waals surface area contributed by atoms with E-state index < -0.39 is 0 Å². The van der Waals surface area contributed by atoms with Crippen LogP contribution in [-0.4, -0.2) is 10.7 Å². The van der Waals surface area contributed by atoms with Gasteiger partial charge in [-0.05, 0) is 38.5 Å². The van der Waals surface area contributed by atoms with Crippen molar-refractivity contribution in [3.8, 4) is 0 Å². The van der Waals surface area contributed by atoms with E-state index in [9.17, 15) is 4.79 Å². The van der Waals surface area contributed by atoms with Crippen molar-refractivity contribution < 1.29 is 4.79 Å². The molecule has 1 aliphatic heterocycles. The number of fused-ring (bicyclic) bond motifs is 1. The molecule has 1 aromatic carbocycles. The van der Waals surface area contributed by atoms with Crippen LogP contribution in [0.2, 0.25) is 0 Å². The molecule has 0 saturated heterocycles. The Labute approximate surface area is 88.1 Å². The molecule has 3 heteroatoms. The maximum absolute atomic E-state index is 11.7. The molecule has 1 heterocycles. The van der Waals surface area contributed by atoms with E-state index in [4.69, 9.17) is 0 Å². The summed E-state index contributed by atoms with van der Waals surface area (Å²) < 4.78 is -0.359. The lowest BCUT2D eigenvalue weighted by molar-refractivity contribution is -0.117. The quantitative estimate of drug-likeness (QED) is 0.708. The predicted molar refractivity (Wildman–Crippen MR) is 59.7 cm³/mol. The van der Waals surface area contributed by atoms with Gasteiger partial charge in [-0.15, -0.1) is 11.8 Å². The first-order chi connectivity index (χ1) is 6.49. The zero-order valence-electron chi connectivity index (χ0n) is 8.55. The van der Waals surface area contributed by atoms with Gasteiger partial charge in [0.2, 0.25) is 5.91 Å². The van der Waals surface area contributed by atoms with Crippen molar-refractivity contribution in [1.82, 2.24) is 0 Å². The van der Waals surface area contributed by atoms with Crippen LogP contribution < -0.4 is 5.32 Å². The Bertz CT molecular complexity index is 398. The highest BCUT2D eigenvalue weighted by atomic mass is 32.2. The maximum Gasteiger partial charge on any atom is 0.240 e. The van der Waals surface area contributed by atoms with Gasteiger partial charge in [0.05, 0.1) is 10.4 Å². The van der Waals surface area contributed by atoms with Gasteiger partial charge in [-0.1, -0.05) is 6.07 Å². The van der Waals surface area contributed by atoms with Crippen molar-refractivity contribution in [2.45, 2.75) is 30.4 Å². The molecule has 14 heavy (non-hydrogen) atoms. The third-order valence-electron chi connectivity index (χ3n) is 2.30. The monoisotopic (exact) mass is 207 g/mol. The summed E-state index contributed by atoms with van der Waals surface area (Å²) >= 11 is 1.62. The Balaban J connectivity index is 2.46. The normalized spacial score (nSPS) is 18.6. The van der Waals surface area contributed by atoms with E-state index in [0.29, 0.717) is 0 Å². The summed E-state index contributed by atoms with van der Waals surface area (Å²) in [5.41, 5.74) is 2.11. The minimum absolute atomic E-state index is 0.0839. The molecule has 1 amide bonds. The molecule has 1 N–H and O–H groups in total. The number of rotatable bonds is 0. The molecule has 0 fully saturated rings. The lowest BCUT2D eigenvalue weighted by Gasteiger charge is -2.29. The Morgan fingerprint density at radius 3 is 2.79 bits per heavy atom. The third-order valence-corrected chi connectivity index (χ3v) is 3.57. The second kappa shape index (κ2) is 3.02. The number of carbonyl (C=O) groups excluding carboxylic acids is 1. The molecule has 2 rings (SSSR count). The summed E-state index contributed by atoms with van der Waals surface area (Å²) in [6.07, 6.45) is 0. The summed E-state index contributed by atoms with van der Waals surface area (Å²) in [5.74, 6) is 0.0839. The highest BCUT2D eigenvalue weighted by Gasteiger charge is 2.34. The number of hydrogen-bond donors (Lipinski definition) is 1. The molecule has 0 spiro atoms. The van der Waals surface area contributed by atoms with E-state index in [2.05, 4.69) is 17.4 Å². The second-order valence-electron chi connectivity index (χ2n) is 4.07. The molecule has 0 aliphatic carbocycles. The van der Waals surface area contributed by atoms with Crippen LogP contribution in [-0.2, 0) is 4.79 Å². The van der Waals surface area contributed by atoms with Crippen LogP contribution in [0.5, 0.6) is 0 Å². The van der Waals surface area contributed by atoms with Crippen LogP contribution in [0.1, 0.15) is 19.4 Å². The molecule has 0 radical (unpaired) electrons. The topological polar surface area (TPSA) is 29.1 Å². The van der Waals surface area contributed by atoms with Crippen LogP contribution >= 0.6 is 11.8 Å². The summed E-state index contributed by atoms with van der Waals surface area (Å²) in [4.78, 5) is 12.8. The molecule has 1 aliphatic rings. The van der Waals surface area contributed by atoms with Crippen molar-refractivity contribution >= 4 is 23.4 Å². The third kappa shape index (κ3) is 1.52. The fourth-order valence-corrected chi connectivity index (χ4v) is 2.47. The molecule has 0 aromatic heterocycles. The van der Waals surface area contributed by atoms with Gasteiger partial charge in [0.25, 0.3) is 0 Å². The van der Waals surface area contributed by atoms with Crippen molar-refractivity contribution in [3.63, 3.8) is 0 Å². The van der Waals surface area contributed by atoms with E-state index in [1.165, 1.54) is 5.56 Å². The summed E-state index contributed by atoms with van der Waals surface area (Å²) in [6, 6.07) is 6.14. The Morgan fingerprint density at radius 1 is 1.36 bits per heavy atom. The van der Waals surface area contributed by atoms with Crippen molar-refractivity contribution in [2.24, 2.45) is 0 Å². The van der Waals surface area contributed by atoms with Crippen molar-refractivity contribution in [1.29, 1.82) is 0 Å². The summed E-state index contributed by atoms with van der Waals surface area (Å²) in [6.45, 7) is 5.91. The smallest absolute Gasteiger partial charge is 0.240 e. The van der Waals surface area contributed by atoms with E-state index >= 15 is 0 Å². The van der Waals surface area contributed by atoms with Crippen LogP contribution in [0.4, 0.5) is 5.69 Å². The van der Waals surface area contributed by atoms with Gasteiger partial charge in [0.1, 0.15) is 0 Å². The van der Waals surface area contributed by atoms with Gasteiger partial charge >= 0.3 is 0 Å². The molecular formula is C11H13NOS. The molecule has 2 nitrogen and oxygen atoms in total. The van der Waals surface area contributed by atoms with Crippen LogP contribution in [0.25, 0.3) is 0 Å². The first-order valence-corrected chi connectivity index (χ1v) is 5.42. The van der Waals surface area contributed by atoms with Crippen LogP contribution in [0.15, 0.2) is 23.1 Å². The molecule has 0 atom stereocenters. The fourth-order valence-electron chi connectivity index (χ4n) is 1.42. The Morgan fingerprint density at radius 2 is 2.07 bits per heavy atom. The highest BCUT2D eigenvalue weighted by Crippen LogP contribution is 2.42. The number of benzene rings is 1. The van der Waals surface area contributed by atoms with Crippen molar-refractivity contribution in [2.75, 3.05) is 5.32 Å². The average Bonchev–Trinajstić information content (AvgIpc) is 2.08. The number of nitrogens with one attached hydrogen (secondary N) is 1. The van der Waals surface area contributed by atoms with Crippen LogP contribution in [0, 0.1) is 6.92 Å². The van der Waals surface area contributed by atoms with E-state index in [-0.39, 0.29) is 10.7 Å². The minimum atomic E-state index is -0.359. The standard InChI is InChI=1S/C11H13NOS/c1-7-4-5-9-8(6-7)12-10(13)11(2,3)14-9/h4-6H,1-3H3,(H,12,13). The number of carbonyl (C=O) groups is 1. The van der Waals surface area contributed by atoms with Gasteiger partial charge in [-0.25, -0.2) is 0 Å². The molecule has 74 valence electrons. The largest absolute Gasteiger partial charge is 0.324 e. The number of aryl methyl sites for hydroxylation is 1. The molecule has 0 unspecified atom stereocenters. The van der Waals surface area contributed by atoms with Crippen molar-refractivity contribution in [3.05, 3.63) is 23.8 Å². The Kier molecular flexibility index (Phi) is 2.07. The second-order valence-corrected chi connectivity index (χ2v) is 5.73. The zero-order valence-corrected chi connectivity index (χ0v) is 9.37. The van der Waals surface area contributed by atoms with Gasteiger partial charge in [0, 0.05) is 4.90 Å². The predicted octanol–water partition coefficient (Wildman–Crippen LogP) is 2.82. The van der Waals surface area contributed by atoms with E-state index in [1.807, 2.05) is 26.8 Å². The fraction of sp³-hybridized carbons (Fsp3) is 0.364.